The molecule has 0 bridgehead atoms. The number of nitrogens with one attached hydrogen (secondary N) is 2. The zero-order valence-electron chi connectivity index (χ0n) is 16.2. The molecular weight excluding hydrogens is 392 g/mol. The second-order valence-electron chi connectivity index (χ2n) is 6.40. The van der Waals surface area contributed by atoms with Crippen molar-refractivity contribution in [2.75, 3.05) is 0 Å². The zero-order chi connectivity index (χ0) is 20.2. The molecule has 0 aliphatic heterocycles. The third-order valence-corrected chi connectivity index (χ3v) is 5.71. The summed E-state index contributed by atoms with van der Waals surface area (Å²) in [7, 11) is 0. The molecule has 6 nitrogen and oxygen atoms in total. The Morgan fingerprint density at radius 3 is 1.57 bits per heavy atom. The number of hydrogen-bond acceptors (Lipinski definition) is 6. The van der Waals surface area contributed by atoms with Crippen LogP contribution in [0.5, 0.6) is 0 Å². The first-order chi connectivity index (χ1) is 13.5. The summed E-state index contributed by atoms with van der Waals surface area (Å²) in [5, 5.41) is 7.93. The summed E-state index contributed by atoms with van der Waals surface area (Å²) in [4.78, 5) is 27.9. The number of unbranched alkanes of at least 4 members (excludes halogenated alkanes) is 3. The first-order valence-electron chi connectivity index (χ1n) is 9.29. The minimum Gasteiger partial charge on any atom is -0.273 e. The average molecular weight is 419 g/mol. The Morgan fingerprint density at radius 2 is 1.21 bits per heavy atom. The van der Waals surface area contributed by atoms with E-state index in [1.165, 1.54) is 9.75 Å². The van der Waals surface area contributed by atoms with Crippen molar-refractivity contribution >= 4 is 46.9 Å². The molecule has 2 amide bonds. The Balaban J connectivity index is 1.47. The van der Waals surface area contributed by atoms with E-state index in [1.807, 2.05) is 38.1 Å². The van der Waals surface area contributed by atoms with Gasteiger partial charge in [-0.15, -0.1) is 22.7 Å². The molecule has 0 aromatic carbocycles. The van der Waals surface area contributed by atoms with Gasteiger partial charge in [0, 0.05) is 32.4 Å². The van der Waals surface area contributed by atoms with Crippen LogP contribution >= 0.6 is 22.7 Å². The lowest BCUT2D eigenvalue weighted by molar-refractivity contribution is -0.122. The summed E-state index contributed by atoms with van der Waals surface area (Å²) in [6, 6.07) is 7.98. The van der Waals surface area contributed by atoms with E-state index in [4.69, 9.17) is 0 Å². The van der Waals surface area contributed by atoms with Crippen LogP contribution in [0.4, 0.5) is 0 Å². The summed E-state index contributed by atoms with van der Waals surface area (Å²) in [6.07, 6.45) is 7.61. The molecule has 0 unspecified atom stereocenters. The van der Waals surface area contributed by atoms with Crippen LogP contribution in [0, 0.1) is 13.8 Å². The lowest BCUT2D eigenvalue weighted by Crippen LogP contribution is -2.17. The fraction of sp³-hybridized carbons (Fsp3) is 0.400. The van der Waals surface area contributed by atoms with Gasteiger partial charge in [-0.2, -0.15) is 10.2 Å². The average Bonchev–Trinajstić information content (AvgIpc) is 3.26. The highest BCUT2D eigenvalue weighted by molar-refractivity contribution is 7.13. The Labute approximate surface area is 173 Å². The Kier molecular flexibility index (Phi) is 9.57. The van der Waals surface area contributed by atoms with Crippen molar-refractivity contribution in [3.8, 4) is 0 Å². The molecule has 0 spiro atoms. The number of rotatable bonds is 11. The highest BCUT2D eigenvalue weighted by Crippen LogP contribution is 2.13. The molecule has 0 aliphatic carbocycles. The van der Waals surface area contributed by atoms with Crippen molar-refractivity contribution in [1.29, 1.82) is 0 Å². The third-order valence-electron chi connectivity index (χ3n) is 3.84. The number of nitrogens with zero attached hydrogens (tertiary/aromatic N) is 2. The van der Waals surface area contributed by atoms with Crippen LogP contribution < -0.4 is 10.9 Å². The maximum Gasteiger partial charge on any atom is 0.240 e. The summed E-state index contributed by atoms with van der Waals surface area (Å²) < 4.78 is 0. The quantitative estimate of drug-likeness (QED) is 0.323. The van der Waals surface area contributed by atoms with E-state index in [-0.39, 0.29) is 11.8 Å². The number of hydrazone groups is 2. The van der Waals surface area contributed by atoms with Crippen LogP contribution in [0.15, 0.2) is 34.5 Å². The van der Waals surface area contributed by atoms with Gasteiger partial charge >= 0.3 is 0 Å². The largest absolute Gasteiger partial charge is 0.273 e. The van der Waals surface area contributed by atoms with Gasteiger partial charge in [-0.1, -0.05) is 12.8 Å². The summed E-state index contributed by atoms with van der Waals surface area (Å²) in [6.45, 7) is 4.06. The molecule has 0 aliphatic rings. The van der Waals surface area contributed by atoms with Crippen LogP contribution in [-0.2, 0) is 9.59 Å². The van der Waals surface area contributed by atoms with Gasteiger partial charge in [0.2, 0.25) is 11.8 Å². The summed E-state index contributed by atoms with van der Waals surface area (Å²) in [5.41, 5.74) is 5.09. The topological polar surface area (TPSA) is 82.9 Å². The SMILES string of the molecule is Cc1ccc(/C=N/NC(=O)CCCCCCC(=O)N/N=C/c2ccc(C)s2)s1. The standard InChI is InChI=1S/C20H26N4O2S2/c1-15-9-11-17(27-15)13-21-23-19(25)7-5-3-4-6-8-20(26)24-22-14-18-12-10-16(2)28-18/h9-14H,3-8H2,1-2H3,(H,23,25)(H,24,26)/b21-13+,22-14+. The Bertz CT molecular complexity index is 756. The lowest BCUT2D eigenvalue weighted by atomic mass is 10.1. The van der Waals surface area contributed by atoms with Crippen molar-refractivity contribution in [1.82, 2.24) is 10.9 Å². The van der Waals surface area contributed by atoms with Gasteiger partial charge < -0.3 is 0 Å². The van der Waals surface area contributed by atoms with E-state index in [9.17, 15) is 9.59 Å². The second kappa shape index (κ2) is 12.2. The summed E-state index contributed by atoms with van der Waals surface area (Å²) >= 11 is 3.26. The normalized spacial score (nSPS) is 11.4. The van der Waals surface area contributed by atoms with E-state index in [1.54, 1.807) is 35.1 Å². The maximum atomic E-state index is 11.7. The molecule has 2 aromatic heterocycles. The van der Waals surface area contributed by atoms with Crippen LogP contribution in [0.1, 0.15) is 58.0 Å². The molecule has 2 rings (SSSR count). The first kappa shape index (κ1) is 22.0. The maximum absolute atomic E-state index is 11.7. The highest BCUT2D eigenvalue weighted by Gasteiger charge is 2.02. The molecule has 0 saturated carbocycles. The minimum absolute atomic E-state index is 0.0829. The van der Waals surface area contributed by atoms with Crippen molar-refractivity contribution in [3.05, 3.63) is 43.8 Å². The second-order valence-corrected chi connectivity index (χ2v) is 9.04. The fourth-order valence-electron chi connectivity index (χ4n) is 2.42. The van der Waals surface area contributed by atoms with E-state index in [0.29, 0.717) is 12.8 Å². The third kappa shape index (κ3) is 9.05. The Hall–Kier alpha value is -2.32. The smallest absolute Gasteiger partial charge is 0.240 e. The number of amides is 2. The minimum atomic E-state index is -0.0829. The Morgan fingerprint density at radius 1 is 0.786 bits per heavy atom. The monoisotopic (exact) mass is 418 g/mol. The van der Waals surface area contributed by atoms with E-state index < -0.39 is 0 Å². The highest BCUT2D eigenvalue weighted by atomic mass is 32.1. The first-order valence-corrected chi connectivity index (χ1v) is 10.9. The van der Waals surface area contributed by atoms with Gasteiger partial charge in [-0.05, 0) is 51.0 Å². The number of thiophene rings is 2. The van der Waals surface area contributed by atoms with Crippen molar-refractivity contribution in [2.24, 2.45) is 10.2 Å². The number of hydrogen-bond donors (Lipinski definition) is 2. The lowest BCUT2D eigenvalue weighted by Gasteiger charge is -2.01. The molecule has 2 heterocycles. The van der Waals surface area contributed by atoms with Gasteiger partial charge in [-0.3, -0.25) is 9.59 Å². The van der Waals surface area contributed by atoms with Gasteiger partial charge in [0.15, 0.2) is 0 Å². The van der Waals surface area contributed by atoms with Gasteiger partial charge in [-0.25, -0.2) is 10.9 Å². The molecule has 0 atom stereocenters. The predicted molar refractivity (Wildman–Crippen MR) is 117 cm³/mol. The zero-order valence-corrected chi connectivity index (χ0v) is 17.9. The molecule has 2 aromatic rings. The molecule has 0 fully saturated rings. The van der Waals surface area contributed by atoms with Crippen LogP contribution in [-0.4, -0.2) is 24.2 Å². The van der Waals surface area contributed by atoms with Crippen LogP contribution in [0.2, 0.25) is 0 Å². The van der Waals surface area contributed by atoms with E-state index in [0.717, 1.165) is 35.4 Å². The fourth-order valence-corrected chi connectivity index (χ4v) is 3.92. The number of carbonyl (C=O) groups is 2. The van der Waals surface area contributed by atoms with E-state index in [2.05, 4.69) is 21.1 Å². The van der Waals surface area contributed by atoms with Gasteiger partial charge in [0.25, 0.3) is 0 Å². The number of carbonyl (C=O) groups excluding carboxylic acids is 2. The molecule has 0 radical (unpaired) electrons. The molecular formula is C20H26N4O2S2. The van der Waals surface area contributed by atoms with E-state index >= 15 is 0 Å². The van der Waals surface area contributed by atoms with Crippen LogP contribution in [0.25, 0.3) is 0 Å². The van der Waals surface area contributed by atoms with Crippen molar-refractivity contribution in [2.45, 2.75) is 52.4 Å². The summed E-state index contributed by atoms with van der Waals surface area (Å²) in [5.74, 6) is -0.166. The van der Waals surface area contributed by atoms with Crippen molar-refractivity contribution < 1.29 is 9.59 Å². The molecule has 150 valence electrons. The molecule has 8 heteroatoms. The van der Waals surface area contributed by atoms with Crippen LogP contribution in [0.3, 0.4) is 0 Å². The molecule has 0 saturated heterocycles. The molecule has 2 N–H and O–H groups in total. The number of aryl methyl sites for hydroxylation is 2. The molecule has 28 heavy (non-hydrogen) atoms. The van der Waals surface area contributed by atoms with Gasteiger partial charge in [0.1, 0.15) is 0 Å². The van der Waals surface area contributed by atoms with Gasteiger partial charge in [0.05, 0.1) is 12.4 Å². The van der Waals surface area contributed by atoms with Crippen molar-refractivity contribution in [3.63, 3.8) is 0 Å². The predicted octanol–water partition coefficient (Wildman–Crippen LogP) is 4.37.